The monoisotopic (exact) mass is 256 g/mol. The molecule has 1 aliphatic rings. The summed E-state index contributed by atoms with van der Waals surface area (Å²) in [5.74, 6) is 0.955. The van der Waals surface area contributed by atoms with Crippen molar-refractivity contribution in [1.82, 2.24) is 4.98 Å². The van der Waals surface area contributed by atoms with Crippen LogP contribution in [0.1, 0.15) is 12.8 Å². The van der Waals surface area contributed by atoms with Crippen LogP contribution in [0.15, 0.2) is 22.8 Å². The molecule has 0 spiro atoms. The third-order valence-electron chi connectivity index (χ3n) is 2.59. The Kier molecular flexibility index (Phi) is 3.03. The highest BCUT2D eigenvalue weighted by atomic mass is 79.9. The Morgan fingerprint density at radius 3 is 3.21 bits per heavy atom. The fraction of sp³-hybridized carbons (Fsp3) is 0.500. The zero-order valence-corrected chi connectivity index (χ0v) is 9.44. The van der Waals surface area contributed by atoms with Crippen molar-refractivity contribution in [3.05, 3.63) is 22.8 Å². The molecular weight excluding hydrogens is 244 g/mol. The van der Waals surface area contributed by atoms with Crippen molar-refractivity contribution < 1.29 is 5.11 Å². The first-order valence-electron chi connectivity index (χ1n) is 4.80. The van der Waals surface area contributed by atoms with Crippen LogP contribution in [0.5, 0.6) is 0 Å². The molecule has 0 aromatic carbocycles. The van der Waals surface area contributed by atoms with Gasteiger partial charge in [-0.1, -0.05) is 15.9 Å². The number of hydrogen-bond donors (Lipinski definition) is 1. The number of pyridine rings is 1. The zero-order chi connectivity index (χ0) is 9.97. The molecule has 1 aliphatic heterocycles. The maximum atomic E-state index is 9.19. The van der Waals surface area contributed by atoms with E-state index in [0.717, 1.165) is 29.7 Å². The first kappa shape index (κ1) is 9.93. The van der Waals surface area contributed by atoms with Crippen molar-refractivity contribution in [2.24, 2.45) is 0 Å². The molecule has 76 valence electrons. The normalized spacial score (nSPS) is 21.6. The van der Waals surface area contributed by atoms with Crippen LogP contribution >= 0.6 is 15.9 Å². The molecule has 1 unspecified atom stereocenters. The quantitative estimate of drug-likeness (QED) is 0.877. The van der Waals surface area contributed by atoms with Gasteiger partial charge in [0.25, 0.3) is 0 Å². The van der Waals surface area contributed by atoms with Gasteiger partial charge in [-0.05, 0) is 25.0 Å². The number of aliphatic hydroxyl groups is 1. The van der Waals surface area contributed by atoms with Crippen LogP contribution in [-0.4, -0.2) is 29.3 Å². The molecule has 1 aromatic heterocycles. The van der Waals surface area contributed by atoms with E-state index in [2.05, 4.69) is 25.8 Å². The Labute approximate surface area is 91.9 Å². The lowest BCUT2D eigenvalue weighted by Crippen LogP contribution is -2.32. The summed E-state index contributed by atoms with van der Waals surface area (Å²) in [5, 5.41) is 9.19. The predicted molar refractivity (Wildman–Crippen MR) is 59.4 cm³/mol. The molecule has 3 nitrogen and oxygen atoms in total. The van der Waals surface area contributed by atoms with E-state index in [-0.39, 0.29) is 12.6 Å². The largest absolute Gasteiger partial charge is 0.394 e. The highest BCUT2D eigenvalue weighted by Crippen LogP contribution is 2.25. The molecule has 2 rings (SSSR count). The fourth-order valence-electron chi connectivity index (χ4n) is 1.88. The summed E-state index contributed by atoms with van der Waals surface area (Å²) in [6.07, 6.45) is 3.98. The Morgan fingerprint density at radius 2 is 2.50 bits per heavy atom. The van der Waals surface area contributed by atoms with Crippen LogP contribution in [0.2, 0.25) is 0 Å². The molecule has 4 heteroatoms. The Morgan fingerprint density at radius 1 is 1.64 bits per heavy atom. The van der Waals surface area contributed by atoms with Crippen molar-refractivity contribution in [2.75, 3.05) is 18.1 Å². The van der Waals surface area contributed by atoms with E-state index in [1.807, 2.05) is 12.1 Å². The second kappa shape index (κ2) is 4.28. The Bertz CT molecular complexity index is 319. The number of aromatic nitrogens is 1. The first-order chi connectivity index (χ1) is 6.81. The average molecular weight is 257 g/mol. The molecule has 1 N–H and O–H groups in total. The summed E-state index contributed by atoms with van der Waals surface area (Å²) in [4.78, 5) is 6.48. The van der Waals surface area contributed by atoms with Crippen molar-refractivity contribution in [3.63, 3.8) is 0 Å². The van der Waals surface area contributed by atoms with Crippen LogP contribution in [0, 0.1) is 0 Å². The van der Waals surface area contributed by atoms with Crippen LogP contribution in [0.25, 0.3) is 0 Å². The molecule has 0 bridgehead atoms. The summed E-state index contributed by atoms with van der Waals surface area (Å²) < 4.78 is 1.03. The molecule has 14 heavy (non-hydrogen) atoms. The van der Waals surface area contributed by atoms with Crippen LogP contribution in [0.4, 0.5) is 5.82 Å². The highest BCUT2D eigenvalue weighted by molar-refractivity contribution is 9.10. The van der Waals surface area contributed by atoms with E-state index < -0.39 is 0 Å². The number of rotatable bonds is 2. The van der Waals surface area contributed by atoms with Gasteiger partial charge in [-0.2, -0.15) is 0 Å². The van der Waals surface area contributed by atoms with Crippen molar-refractivity contribution in [1.29, 1.82) is 0 Å². The Hall–Kier alpha value is -0.610. The molecule has 0 saturated carbocycles. The third kappa shape index (κ3) is 1.91. The average Bonchev–Trinajstić information content (AvgIpc) is 2.65. The summed E-state index contributed by atoms with van der Waals surface area (Å²) in [6.45, 7) is 1.21. The number of anilines is 1. The van der Waals surface area contributed by atoms with Gasteiger partial charge in [-0.15, -0.1) is 0 Å². The van der Waals surface area contributed by atoms with Crippen molar-refractivity contribution in [2.45, 2.75) is 18.9 Å². The summed E-state index contributed by atoms with van der Waals surface area (Å²) in [6, 6.07) is 4.15. The Balaban J connectivity index is 2.21. The minimum atomic E-state index is 0.216. The van der Waals surface area contributed by atoms with Crippen LogP contribution < -0.4 is 4.90 Å². The molecule has 2 heterocycles. The summed E-state index contributed by atoms with van der Waals surface area (Å²) >= 11 is 3.42. The van der Waals surface area contributed by atoms with Gasteiger partial charge >= 0.3 is 0 Å². The molecule has 0 aliphatic carbocycles. The predicted octanol–water partition coefficient (Wildman–Crippen LogP) is 1.81. The molecule has 1 saturated heterocycles. The van der Waals surface area contributed by atoms with Gasteiger partial charge in [0.05, 0.1) is 12.6 Å². The number of hydrogen-bond acceptors (Lipinski definition) is 3. The van der Waals surface area contributed by atoms with Crippen LogP contribution in [0.3, 0.4) is 0 Å². The van der Waals surface area contributed by atoms with Gasteiger partial charge in [-0.3, -0.25) is 0 Å². The van der Waals surface area contributed by atoms with Gasteiger partial charge in [0.1, 0.15) is 5.82 Å². The van der Waals surface area contributed by atoms with E-state index in [9.17, 15) is 5.11 Å². The van der Waals surface area contributed by atoms with Crippen LogP contribution in [-0.2, 0) is 0 Å². The fourth-order valence-corrected chi connectivity index (χ4v) is 2.20. The molecule has 1 aromatic rings. The molecular formula is C10H13BrN2O. The minimum Gasteiger partial charge on any atom is -0.394 e. The lowest BCUT2D eigenvalue weighted by Gasteiger charge is -2.23. The summed E-state index contributed by atoms with van der Waals surface area (Å²) in [5.41, 5.74) is 0. The van der Waals surface area contributed by atoms with E-state index in [1.54, 1.807) is 6.20 Å². The minimum absolute atomic E-state index is 0.216. The molecule has 0 radical (unpaired) electrons. The second-order valence-electron chi connectivity index (χ2n) is 3.50. The smallest absolute Gasteiger partial charge is 0.129 e. The highest BCUT2D eigenvalue weighted by Gasteiger charge is 2.24. The first-order valence-corrected chi connectivity index (χ1v) is 5.59. The van der Waals surface area contributed by atoms with Gasteiger partial charge in [0.2, 0.25) is 0 Å². The molecule has 1 atom stereocenters. The SMILES string of the molecule is OCC1CCCN1c1cc(Br)ccn1. The molecule has 0 amide bonds. The maximum absolute atomic E-state index is 9.19. The maximum Gasteiger partial charge on any atom is 0.129 e. The lowest BCUT2D eigenvalue weighted by atomic mass is 10.2. The van der Waals surface area contributed by atoms with Crippen molar-refractivity contribution >= 4 is 21.7 Å². The van der Waals surface area contributed by atoms with E-state index >= 15 is 0 Å². The zero-order valence-electron chi connectivity index (χ0n) is 7.86. The molecule has 1 fully saturated rings. The third-order valence-corrected chi connectivity index (χ3v) is 3.08. The van der Waals surface area contributed by atoms with Gasteiger partial charge < -0.3 is 10.0 Å². The standard InChI is InChI=1S/C10H13BrN2O/c11-8-3-4-12-10(6-8)13-5-1-2-9(13)7-14/h3-4,6,9,14H,1-2,5,7H2. The summed E-state index contributed by atoms with van der Waals surface area (Å²) in [7, 11) is 0. The van der Waals surface area contributed by atoms with E-state index in [4.69, 9.17) is 0 Å². The van der Waals surface area contributed by atoms with Crippen molar-refractivity contribution in [3.8, 4) is 0 Å². The topological polar surface area (TPSA) is 36.4 Å². The van der Waals surface area contributed by atoms with Gasteiger partial charge in [-0.25, -0.2) is 4.98 Å². The number of aliphatic hydroxyl groups excluding tert-OH is 1. The van der Waals surface area contributed by atoms with E-state index in [1.165, 1.54) is 0 Å². The second-order valence-corrected chi connectivity index (χ2v) is 4.42. The lowest BCUT2D eigenvalue weighted by molar-refractivity contribution is 0.266. The number of halogens is 1. The van der Waals surface area contributed by atoms with Gasteiger partial charge in [0.15, 0.2) is 0 Å². The number of nitrogens with zero attached hydrogens (tertiary/aromatic N) is 2. The van der Waals surface area contributed by atoms with Gasteiger partial charge in [0, 0.05) is 17.2 Å². The van der Waals surface area contributed by atoms with E-state index in [0.29, 0.717) is 0 Å².